The summed E-state index contributed by atoms with van der Waals surface area (Å²) in [5.74, 6) is 0.347. The summed E-state index contributed by atoms with van der Waals surface area (Å²) in [6.07, 6.45) is -0.210. The molecule has 5 rings (SSSR count). The predicted molar refractivity (Wildman–Crippen MR) is 110 cm³/mol. The highest BCUT2D eigenvalue weighted by Crippen LogP contribution is 2.30. The molecule has 3 aromatic heterocycles. The van der Waals surface area contributed by atoms with Gasteiger partial charge in [-0.3, -0.25) is 9.89 Å². The van der Waals surface area contributed by atoms with Gasteiger partial charge in [0.25, 0.3) is 12.3 Å². The van der Waals surface area contributed by atoms with Crippen LogP contribution in [0.15, 0.2) is 35.8 Å². The zero-order chi connectivity index (χ0) is 22.2. The number of H-pyrrole nitrogens is 1. The second-order valence-corrected chi connectivity index (χ2v) is 8.14. The van der Waals surface area contributed by atoms with Crippen molar-refractivity contribution in [1.82, 2.24) is 35.3 Å². The molecule has 0 saturated carbocycles. The van der Waals surface area contributed by atoms with Gasteiger partial charge in [0.1, 0.15) is 28.0 Å². The summed E-state index contributed by atoms with van der Waals surface area (Å²) < 4.78 is 41.0. The van der Waals surface area contributed by atoms with Crippen LogP contribution in [0.25, 0.3) is 22.0 Å². The van der Waals surface area contributed by atoms with Crippen molar-refractivity contribution in [3.8, 4) is 22.0 Å². The van der Waals surface area contributed by atoms with Crippen LogP contribution >= 0.6 is 11.3 Å². The highest BCUT2D eigenvalue weighted by atomic mass is 32.1. The molecule has 1 aliphatic rings. The first-order valence-corrected chi connectivity index (χ1v) is 10.6. The summed E-state index contributed by atoms with van der Waals surface area (Å²) in [4.78, 5) is 21.2. The highest BCUT2D eigenvalue weighted by molar-refractivity contribution is 7.13. The number of fused-ring (bicyclic) bond motifs is 1. The molecule has 1 amide bonds. The molecule has 0 aliphatic carbocycles. The number of rotatable bonds is 5. The van der Waals surface area contributed by atoms with Gasteiger partial charge in [0, 0.05) is 30.0 Å². The molecule has 0 saturated heterocycles. The fourth-order valence-corrected chi connectivity index (χ4v) is 4.39. The Balaban J connectivity index is 1.31. The number of aromatic amines is 1. The van der Waals surface area contributed by atoms with Crippen molar-refractivity contribution in [2.75, 3.05) is 0 Å². The SMILES string of the molecule is O=C(NC1CCn2nc(-c3cccc(F)c3)nc2C1)c1[nH]ncc1-c1nc(C(F)F)cs1. The van der Waals surface area contributed by atoms with Crippen molar-refractivity contribution >= 4 is 17.2 Å². The predicted octanol–water partition coefficient (Wildman–Crippen LogP) is 3.61. The minimum absolute atomic E-state index is 0.160. The number of aryl methyl sites for hydroxylation is 1. The Morgan fingerprint density at radius 3 is 2.97 bits per heavy atom. The molecule has 4 heterocycles. The zero-order valence-electron chi connectivity index (χ0n) is 16.4. The van der Waals surface area contributed by atoms with Gasteiger partial charge >= 0.3 is 0 Å². The third-order valence-corrected chi connectivity index (χ3v) is 6.02. The lowest BCUT2D eigenvalue weighted by Crippen LogP contribution is -2.40. The van der Waals surface area contributed by atoms with E-state index in [2.05, 4.69) is 30.6 Å². The van der Waals surface area contributed by atoms with Crippen LogP contribution in [0.2, 0.25) is 0 Å². The van der Waals surface area contributed by atoms with Gasteiger partial charge in [0.2, 0.25) is 0 Å². The maximum atomic E-state index is 13.5. The first-order chi connectivity index (χ1) is 15.5. The average Bonchev–Trinajstić information content (AvgIpc) is 3.51. The summed E-state index contributed by atoms with van der Waals surface area (Å²) in [5.41, 5.74) is 0.777. The smallest absolute Gasteiger partial charge is 0.281 e. The molecular weight excluding hydrogens is 443 g/mol. The molecule has 1 aliphatic heterocycles. The van der Waals surface area contributed by atoms with Crippen LogP contribution in [-0.4, -0.2) is 41.9 Å². The minimum atomic E-state index is -2.68. The van der Waals surface area contributed by atoms with Crippen LogP contribution in [0.4, 0.5) is 13.2 Å². The third kappa shape index (κ3) is 3.88. The standard InChI is InChI=1S/C20H16F3N7OS/c21-11-3-1-2-10(6-11)18-27-15-7-12(4-5-30(15)29-18)25-19(31)16-13(8-24-28-16)20-26-14(9-32-20)17(22)23/h1-3,6,8-9,12,17H,4-5,7H2,(H,24,28)(H,25,31). The molecule has 1 atom stereocenters. The number of halogens is 3. The Bertz CT molecular complexity index is 1280. The zero-order valence-corrected chi connectivity index (χ0v) is 17.2. The molecule has 12 heteroatoms. The Labute approximate surface area is 183 Å². The molecule has 0 bridgehead atoms. The van der Waals surface area contributed by atoms with Gasteiger partial charge in [-0.2, -0.15) is 10.2 Å². The van der Waals surface area contributed by atoms with Crippen LogP contribution in [0.5, 0.6) is 0 Å². The number of carbonyl (C=O) groups is 1. The molecule has 4 aromatic rings. The number of aromatic nitrogens is 6. The van der Waals surface area contributed by atoms with Crippen molar-refractivity contribution in [3.05, 3.63) is 58.9 Å². The highest BCUT2D eigenvalue weighted by Gasteiger charge is 2.26. The van der Waals surface area contributed by atoms with Gasteiger partial charge in [-0.1, -0.05) is 12.1 Å². The molecule has 2 N–H and O–H groups in total. The lowest BCUT2D eigenvalue weighted by molar-refractivity contribution is 0.0925. The van der Waals surface area contributed by atoms with Crippen molar-refractivity contribution in [2.24, 2.45) is 0 Å². The molecule has 8 nitrogen and oxygen atoms in total. The molecule has 0 radical (unpaired) electrons. The number of benzene rings is 1. The Kier molecular flexibility index (Phi) is 5.21. The van der Waals surface area contributed by atoms with Crippen LogP contribution in [0.3, 0.4) is 0 Å². The quantitative estimate of drug-likeness (QED) is 0.475. The maximum absolute atomic E-state index is 13.5. The van der Waals surface area contributed by atoms with Gasteiger partial charge in [0.05, 0.1) is 11.8 Å². The average molecular weight is 459 g/mol. The topological polar surface area (TPSA) is 101 Å². The second-order valence-electron chi connectivity index (χ2n) is 7.29. The summed E-state index contributed by atoms with van der Waals surface area (Å²) >= 11 is 1.03. The number of nitrogens with zero attached hydrogens (tertiary/aromatic N) is 5. The monoisotopic (exact) mass is 459 g/mol. The lowest BCUT2D eigenvalue weighted by Gasteiger charge is -2.23. The van der Waals surface area contributed by atoms with E-state index in [4.69, 9.17) is 0 Å². The first-order valence-electron chi connectivity index (χ1n) is 9.76. The fourth-order valence-electron chi connectivity index (χ4n) is 3.57. The van der Waals surface area contributed by atoms with Gasteiger partial charge in [-0.05, 0) is 18.6 Å². The molecule has 1 aromatic carbocycles. The van der Waals surface area contributed by atoms with Crippen LogP contribution in [-0.2, 0) is 13.0 Å². The molecule has 32 heavy (non-hydrogen) atoms. The van der Waals surface area contributed by atoms with E-state index < -0.39 is 12.3 Å². The van der Waals surface area contributed by atoms with Gasteiger partial charge in [-0.25, -0.2) is 27.8 Å². The van der Waals surface area contributed by atoms with E-state index in [1.165, 1.54) is 23.7 Å². The molecule has 0 spiro atoms. The number of alkyl halides is 2. The third-order valence-electron chi connectivity index (χ3n) is 5.13. The molecule has 164 valence electrons. The van der Waals surface area contributed by atoms with Crippen LogP contribution in [0, 0.1) is 5.82 Å². The van der Waals surface area contributed by atoms with E-state index in [9.17, 15) is 18.0 Å². The lowest BCUT2D eigenvalue weighted by atomic mass is 10.1. The van der Waals surface area contributed by atoms with Crippen molar-refractivity contribution < 1.29 is 18.0 Å². The largest absolute Gasteiger partial charge is 0.347 e. The number of amides is 1. The summed E-state index contributed by atoms with van der Waals surface area (Å²) in [5, 5.41) is 15.4. The molecule has 1 unspecified atom stereocenters. The van der Waals surface area contributed by atoms with Gasteiger partial charge < -0.3 is 5.32 Å². The maximum Gasteiger partial charge on any atom is 0.281 e. The van der Waals surface area contributed by atoms with E-state index in [0.29, 0.717) is 47.2 Å². The first kappa shape index (κ1) is 20.4. The van der Waals surface area contributed by atoms with Crippen LogP contribution < -0.4 is 5.32 Å². The summed E-state index contributed by atoms with van der Waals surface area (Å²) in [7, 11) is 0. The number of nitrogens with one attached hydrogen (secondary N) is 2. The van der Waals surface area contributed by atoms with E-state index >= 15 is 0 Å². The second kappa shape index (κ2) is 8.19. The van der Waals surface area contributed by atoms with Crippen molar-refractivity contribution in [2.45, 2.75) is 31.9 Å². The number of hydrogen-bond donors (Lipinski definition) is 2. The van der Waals surface area contributed by atoms with Gasteiger partial charge in [-0.15, -0.1) is 11.3 Å². The number of thiazole rings is 1. The minimum Gasteiger partial charge on any atom is -0.347 e. The van der Waals surface area contributed by atoms with E-state index in [-0.39, 0.29) is 23.2 Å². The Morgan fingerprint density at radius 1 is 1.31 bits per heavy atom. The van der Waals surface area contributed by atoms with E-state index in [1.54, 1.807) is 16.8 Å². The van der Waals surface area contributed by atoms with Crippen LogP contribution in [0.1, 0.15) is 34.9 Å². The van der Waals surface area contributed by atoms with E-state index in [1.807, 2.05) is 0 Å². The van der Waals surface area contributed by atoms with E-state index in [0.717, 1.165) is 11.3 Å². The van der Waals surface area contributed by atoms with Gasteiger partial charge in [0.15, 0.2) is 5.82 Å². The molecular formula is C20H16F3N7OS. The Morgan fingerprint density at radius 2 is 2.19 bits per heavy atom. The normalized spacial score (nSPS) is 15.7. The summed E-state index contributed by atoms with van der Waals surface area (Å²) in [6, 6.07) is 5.86. The summed E-state index contributed by atoms with van der Waals surface area (Å²) in [6.45, 7) is 0.544. The molecule has 0 fully saturated rings. The van der Waals surface area contributed by atoms with Crippen molar-refractivity contribution in [1.29, 1.82) is 0 Å². The number of carbonyl (C=O) groups excluding carboxylic acids is 1. The van der Waals surface area contributed by atoms with Crippen molar-refractivity contribution in [3.63, 3.8) is 0 Å². The Hall–Kier alpha value is -3.54. The number of hydrogen-bond acceptors (Lipinski definition) is 6. The fraction of sp³-hybridized carbons (Fsp3) is 0.250.